The van der Waals surface area contributed by atoms with Gasteiger partial charge < -0.3 is 10.5 Å². The van der Waals surface area contributed by atoms with Gasteiger partial charge in [-0.3, -0.25) is 4.79 Å². The quantitative estimate of drug-likeness (QED) is 0.412. The second-order valence-corrected chi connectivity index (χ2v) is 4.83. The number of benzene rings is 1. The van der Waals surface area contributed by atoms with Crippen LogP contribution in [0.3, 0.4) is 0 Å². The number of nitrogens with two attached hydrogens (primary N) is 1. The summed E-state index contributed by atoms with van der Waals surface area (Å²) in [5.41, 5.74) is 7.15. The molecule has 0 atom stereocenters. The first-order valence-electron chi connectivity index (χ1n) is 7.24. The van der Waals surface area contributed by atoms with Crippen molar-refractivity contribution in [3.05, 3.63) is 23.8 Å². The van der Waals surface area contributed by atoms with Gasteiger partial charge in [-0.2, -0.15) is 0 Å². The van der Waals surface area contributed by atoms with Gasteiger partial charge in [-0.15, -0.1) is 0 Å². The Balaban J connectivity index is 2.50. The molecule has 0 aromatic heterocycles. The third-order valence-corrected chi connectivity index (χ3v) is 3.06. The van der Waals surface area contributed by atoms with Crippen LogP contribution in [-0.2, 0) is 0 Å². The Bertz CT molecular complexity index is 402. The highest BCUT2D eigenvalue weighted by molar-refractivity contribution is 5.97. The van der Waals surface area contributed by atoms with E-state index in [9.17, 15) is 4.79 Å². The van der Waals surface area contributed by atoms with Crippen LogP contribution >= 0.6 is 0 Å². The zero-order chi connectivity index (χ0) is 14.1. The Kier molecular flexibility index (Phi) is 7.01. The first-order valence-corrected chi connectivity index (χ1v) is 7.24. The molecule has 0 bridgehead atoms. The molecule has 0 unspecified atom stereocenters. The van der Waals surface area contributed by atoms with Crippen molar-refractivity contribution in [1.82, 2.24) is 0 Å². The number of carbonyl (C=O) groups is 1. The summed E-state index contributed by atoms with van der Waals surface area (Å²) in [6.07, 6.45) is 6.11. The number of hydrogen-bond donors (Lipinski definition) is 1. The lowest BCUT2D eigenvalue weighted by Gasteiger charge is -2.10. The van der Waals surface area contributed by atoms with Crippen LogP contribution in [0, 0.1) is 0 Å². The van der Waals surface area contributed by atoms with Crippen LogP contribution in [0.1, 0.15) is 62.7 Å². The van der Waals surface area contributed by atoms with Gasteiger partial charge in [-0.05, 0) is 31.0 Å². The lowest BCUT2D eigenvalue weighted by Crippen LogP contribution is -2.03. The molecule has 2 N–H and O–H groups in total. The zero-order valence-corrected chi connectivity index (χ0v) is 12.1. The van der Waals surface area contributed by atoms with E-state index >= 15 is 0 Å². The molecule has 0 saturated carbocycles. The van der Waals surface area contributed by atoms with Gasteiger partial charge in [0.25, 0.3) is 0 Å². The minimum Gasteiger partial charge on any atom is -0.491 e. The number of ether oxygens (including phenoxy) is 1. The zero-order valence-electron chi connectivity index (χ0n) is 12.1. The highest BCUT2D eigenvalue weighted by atomic mass is 16.5. The molecule has 0 aliphatic rings. The fraction of sp³-hybridized carbons (Fsp3) is 0.562. The third kappa shape index (κ3) is 5.33. The molecular weight excluding hydrogens is 238 g/mol. The van der Waals surface area contributed by atoms with Crippen LogP contribution in [-0.4, -0.2) is 12.4 Å². The molecule has 0 aliphatic heterocycles. The minimum absolute atomic E-state index is 0.142. The number of anilines is 1. The number of unbranched alkanes of at least 4 members (excludes halogenated alkanes) is 3. The lowest BCUT2D eigenvalue weighted by molar-refractivity contribution is 0.0982. The maximum absolute atomic E-state index is 11.7. The molecular formula is C16H25NO2. The maximum atomic E-state index is 11.7. The summed E-state index contributed by atoms with van der Waals surface area (Å²) >= 11 is 0. The van der Waals surface area contributed by atoms with Crippen molar-refractivity contribution in [2.24, 2.45) is 0 Å². The first-order chi connectivity index (χ1) is 9.19. The van der Waals surface area contributed by atoms with E-state index in [1.165, 1.54) is 19.3 Å². The second-order valence-electron chi connectivity index (χ2n) is 4.83. The Hall–Kier alpha value is -1.51. The van der Waals surface area contributed by atoms with Gasteiger partial charge in [0.05, 0.1) is 12.3 Å². The molecule has 0 saturated heterocycles. The van der Waals surface area contributed by atoms with Crippen LogP contribution in [0.15, 0.2) is 18.2 Å². The van der Waals surface area contributed by atoms with Crippen molar-refractivity contribution in [2.75, 3.05) is 12.3 Å². The van der Waals surface area contributed by atoms with E-state index in [1.807, 2.05) is 6.92 Å². The third-order valence-electron chi connectivity index (χ3n) is 3.06. The van der Waals surface area contributed by atoms with Crippen LogP contribution in [0.25, 0.3) is 0 Å². The SMILES string of the molecule is CCCCCCOc1ccc(C(=O)CCC)cc1N. The molecule has 0 fully saturated rings. The summed E-state index contributed by atoms with van der Waals surface area (Å²) in [6.45, 7) is 4.87. The fourth-order valence-electron chi connectivity index (χ4n) is 1.94. The molecule has 0 spiro atoms. The summed E-state index contributed by atoms with van der Waals surface area (Å²) in [7, 11) is 0. The molecule has 0 radical (unpaired) electrons. The van der Waals surface area contributed by atoms with E-state index in [4.69, 9.17) is 10.5 Å². The van der Waals surface area contributed by atoms with E-state index in [0.29, 0.717) is 30.0 Å². The molecule has 0 heterocycles. The first kappa shape index (κ1) is 15.5. The van der Waals surface area contributed by atoms with Gasteiger partial charge >= 0.3 is 0 Å². The maximum Gasteiger partial charge on any atom is 0.162 e. The molecule has 3 heteroatoms. The van der Waals surface area contributed by atoms with Crippen LogP contribution in [0.2, 0.25) is 0 Å². The molecule has 3 nitrogen and oxygen atoms in total. The van der Waals surface area contributed by atoms with Crippen molar-refractivity contribution in [2.45, 2.75) is 52.4 Å². The van der Waals surface area contributed by atoms with E-state index in [0.717, 1.165) is 12.8 Å². The number of rotatable bonds is 9. The van der Waals surface area contributed by atoms with E-state index in [-0.39, 0.29) is 5.78 Å². The van der Waals surface area contributed by atoms with Gasteiger partial charge in [0.1, 0.15) is 5.75 Å². The van der Waals surface area contributed by atoms with Crippen molar-refractivity contribution >= 4 is 11.5 Å². The van der Waals surface area contributed by atoms with E-state index < -0.39 is 0 Å². The Morgan fingerprint density at radius 2 is 1.95 bits per heavy atom. The normalized spacial score (nSPS) is 10.4. The summed E-state index contributed by atoms with van der Waals surface area (Å²) < 4.78 is 5.64. The van der Waals surface area contributed by atoms with Crippen molar-refractivity contribution in [1.29, 1.82) is 0 Å². The number of nitrogen functional groups attached to an aromatic ring is 1. The Labute approximate surface area is 116 Å². The highest BCUT2D eigenvalue weighted by Crippen LogP contribution is 2.23. The van der Waals surface area contributed by atoms with Gasteiger partial charge in [-0.1, -0.05) is 33.1 Å². The Morgan fingerprint density at radius 1 is 1.16 bits per heavy atom. The predicted molar refractivity (Wildman–Crippen MR) is 79.7 cm³/mol. The molecule has 1 rings (SSSR count). The summed E-state index contributed by atoms with van der Waals surface area (Å²) in [5.74, 6) is 0.827. The van der Waals surface area contributed by atoms with Crippen LogP contribution in [0.4, 0.5) is 5.69 Å². The van der Waals surface area contributed by atoms with E-state index in [1.54, 1.807) is 18.2 Å². The fourth-order valence-corrected chi connectivity index (χ4v) is 1.94. The largest absolute Gasteiger partial charge is 0.491 e. The standard InChI is InChI=1S/C16H25NO2/c1-3-5-6-7-11-19-16-10-9-13(12-14(16)17)15(18)8-4-2/h9-10,12H,3-8,11,17H2,1-2H3. The smallest absolute Gasteiger partial charge is 0.162 e. The number of ketones is 1. The summed E-state index contributed by atoms with van der Waals surface area (Å²) in [6, 6.07) is 5.33. The minimum atomic E-state index is 0.142. The van der Waals surface area contributed by atoms with Gasteiger partial charge in [0.15, 0.2) is 5.78 Å². The topological polar surface area (TPSA) is 52.3 Å². The Morgan fingerprint density at radius 3 is 2.58 bits per heavy atom. The second kappa shape index (κ2) is 8.57. The van der Waals surface area contributed by atoms with Crippen molar-refractivity contribution in [3.63, 3.8) is 0 Å². The molecule has 0 amide bonds. The van der Waals surface area contributed by atoms with Crippen LogP contribution < -0.4 is 10.5 Å². The van der Waals surface area contributed by atoms with Crippen molar-refractivity contribution in [3.8, 4) is 5.75 Å². The number of carbonyl (C=O) groups excluding carboxylic acids is 1. The van der Waals surface area contributed by atoms with Crippen LogP contribution in [0.5, 0.6) is 5.75 Å². The number of hydrogen-bond acceptors (Lipinski definition) is 3. The predicted octanol–water partition coefficient (Wildman–Crippen LogP) is 4.21. The average molecular weight is 263 g/mol. The van der Waals surface area contributed by atoms with E-state index in [2.05, 4.69) is 6.92 Å². The van der Waals surface area contributed by atoms with Gasteiger partial charge in [0.2, 0.25) is 0 Å². The lowest BCUT2D eigenvalue weighted by atomic mass is 10.1. The summed E-state index contributed by atoms with van der Waals surface area (Å²) in [5, 5.41) is 0. The highest BCUT2D eigenvalue weighted by Gasteiger charge is 2.08. The molecule has 1 aromatic carbocycles. The molecule has 0 aliphatic carbocycles. The van der Waals surface area contributed by atoms with Gasteiger partial charge in [0, 0.05) is 12.0 Å². The monoisotopic (exact) mass is 263 g/mol. The average Bonchev–Trinajstić information content (AvgIpc) is 2.40. The molecule has 19 heavy (non-hydrogen) atoms. The molecule has 1 aromatic rings. The van der Waals surface area contributed by atoms with Crippen molar-refractivity contribution < 1.29 is 9.53 Å². The summed E-state index contributed by atoms with van der Waals surface area (Å²) in [4.78, 5) is 11.7. The van der Waals surface area contributed by atoms with Gasteiger partial charge in [-0.25, -0.2) is 0 Å². The number of Topliss-reactive ketones (excluding diaryl/α,β-unsaturated/α-hetero) is 1. The molecule has 106 valence electrons.